The predicted octanol–water partition coefficient (Wildman–Crippen LogP) is 1.30. The van der Waals surface area contributed by atoms with Crippen LogP contribution in [0.25, 0.3) is 0 Å². The number of amides is 1. The van der Waals surface area contributed by atoms with Gasteiger partial charge in [0.25, 0.3) is 0 Å². The van der Waals surface area contributed by atoms with Crippen LogP contribution in [0.5, 0.6) is 0 Å². The van der Waals surface area contributed by atoms with Gasteiger partial charge in [0, 0.05) is 17.5 Å². The molecule has 0 radical (unpaired) electrons. The van der Waals surface area contributed by atoms with Crippen LogP contribution in [0.3, 0.4) is 0 Å². The molecule has 0 aromatic heterocycles. The maximum Gasteiger partial charge on any atom is 0.248 e. The topological polar surface area (TPSA) is 60.2 Å². The summed E-state index contributed by atoms with van der Waals surface area (Å²) in [7, 11) is 0. The monoisotopic (exact) mass is 189 g/mol. The molecule has 2 N–H and O–H groups in total. The summed E-state index contributed by atoms with van der Waals surface area (Å²) in [5.41, 5.74) is 7.23. The fraction of sp³-hybridized carbons (Fsp3) is 0.273. The lowest BCUT2D eigenvalue weighted by atomic mass is 9.87. The van der Waals surface area contributed by atoms with E-state index in [0.717, 1.165) is 18.4 Å². The van der Waals surface area contributed by atoms with E-state index in [4.69, 9.17) is 5.73 Å². The number of benzene rings is 1. The molecule has 72 valence electrons. The van der Waals surface area contributed by atoms with E-state index in [1.807, 2.05) is 0 Å². The van der Waals surface area contributed by atoms with E-state index < -0.39 is 5.91 Å². The number of Topliss-reactive ketones (excluding diaryl/α,β-unsaturated/α-hetero) is 1. The number of hydrogen-bond donors (Lipinski definition) is 1. The standard InChI is InChI=1S/C11H11NO2/c12-11(14)9-5-1-4-8-7(9)3-2-6-10(8)13/h1,4-5H,2-3,6H2,(H2,12,14). The molecule has 1 aliphatic rings. The Morgan fingerprint density at radius 3 is 2.79 bits per heavy atom. The van der Waals surface area contributed by atoms with E-state index in [1.165, 1.54) is 0 Å². The Labute approximate surface area is 81.9 Å². The van der Waals surface area contributed by atoms with Crippen molar-refractivity contribution in [2.45, 2.75) is 19.3 Å². The molecule has 1 aromatic carbocycles. The smallest absolute Gasteiger partial charge is 0.248 e. The fourth-order valence-corrected chi connectivity index (χ4v) is 1.91. The van der Waals surface area contributed by atoms with E-state index in [-0.39, 0.29) is 5.78 Å². The second-order valence-corrected chi connectivity index (χ2v) is 3.47. The van der Waals surface area contributed by atoms with Crippen LogP contribution in [0.15, 0.2) is 18.2 Å². The first-order chi connectivity index (χ1) is 6.70. The predicted molar refractivity (Wildman–Crippen MR) is 52.2 cm³/mol. The zero-order chi connectivity index (χ0) is 10.1. The van der Waals surface area contributed by atoms with Gasteiger partial charge in [-0.05, 0) is 24.5 Å². The first-order valence-electron chi connectivity index (χ1n) is 4.65. The second-order valence-electron chi connectivity index (χ2n) is 3.47. The highest BCUT2D eigenvalue weighted by Crippen LogP contribution is 2.24. The van der Waals surface area contributed by atoms with Crippen molar-refractivity contribution in [3.8, 4) is 0 Å². The van der Waals surface area contributed by atoms with Gasteiger partial charge in [0.05, 0.1) is 0 Å². The molecule has 2 rings (SSSR count). The highest BCUT2D eigenvalue weighted by molar-refractivity contribution is 6.03. The molecule has 1 aliphatic carbocycles. The molecule has 0 atom stereocenters. The molecular formula is C11H11NO2. The lowest BCUT2D eigenvalue weighted by Gasteiger charge is -2.16. The van der Waals surface area contributed by atoms with Gasteiger partial charge >= 0.3 is 0 Å². The number of fused-ring (bicyclic) bond motifs is 1. The van der Waals surface area contributed by atoms with E-state index in [9.17, 15) is 9.59 Å². The van der Waals surface area contributed by atoms with Crippen molar-refractivity contribution in [3.05, 3.63) is 34.9 Å². The molecule has 3 nitrogen and oxygen atoms in total. The summed E-state index contributed by atoms with van der Waals surface area (Å²) >= 11 is 0. The van der Waals surface area contributed by atoms with Crippen molar-refractivity contribution < 1.29 is 9.59 Å². The number of ketones is 1. The average Bonchev–Trinajstić information content (AvgIpc) is 2.17. The first-order valence-corrected chi connectivity index (χ1v) is 4.65. The molecule has 0 saturated carbocycles. The molecule has 1 amide bonds. The Bertz CT molecular complexity index is 395. The number of rotatable bonds is 1. The zero-order valence-corrected chi connectivity index (χ0v) is 7.75. The largest absolute Gasteiger partial charge is 0.366 e. The van der Waals surface area contributed by atoms with Crippen LogP contribution in [0.4, 0.5) is 0 Å². The summed E-state index contributed by atoms with van der Waals surface area (Å²) in [6.07, 6.45) is 2.17. The van der Waals surface area contributed by atoms with Gasteiger partial charge in [0.1, 0.15) is 0 Å². The maximum absolute atomic E-state index is 11.5. The molecule has 0 aliphatic heterocycles. The highest BCUT2D eigenvalue weighted by atomic mass is 16.1. The second kappa shape index (κ2) is 3.25. The van der Waals surface area contributed by atoms with Crippen LogP contribution < -0.4 is 5.73 Å². The quantitative estimate of drug-likeness (QED) is 0.723. The highest BCUT2D eigenvalue weighted by Gasteiger charge is 2.20. The van der Waals surface area contributed by atoms with Gasteiger partial charge in [0.2, 0.25) is 5.91 Å². The molecule has 14 heavy (non-hydrogen) atoms. The summed E-state index contributed by atoms with van der Waals surface area (Å²) in [6.45, 7) is 0. The van der Waals surface area contributed by atoms with E-state index in [0.29, 0.717) is 17.5 Å². The van der Waals surface area contributed by atoms with Crippen molar-refractivity contribution in [3.63, 3.8) is 0 Å². The van der Waals surface area contributed by atoms with E-state index in [2.05, 4.69) is 0 Å². The summed E-state index contributed by atoms with van der Waals surface area (Å²) < 4.78 is 0. The summed E-state index contributed by atoms with van der Waals surface area (Å²) in [5.74, 6) is -0.328. The van der Waals surface area contributed by atoms with Gasteiger partial charge in [-0.3, -0.25) is 9.59 Å². The summed E-state index contributed by atoms with van der Waals surface area (Å²) in [4.78, 5) is 22.6. The van der Waals surface area contributed by atoms with Crippen LogP contribution in [-0.2, 0) is 6.42 Å². The third-order valence-electron chi connectivity index (χ3n) is 2.57. The van der Waals surface area contributed by atoms with Gasteiger partial charge in [-0.2, -0.15) is 0 Å². The average molecular weight is 189 g/mol. The summed E-state index contributed by atoms with van der Waals surface area (Å²) in [5, 5.41) is 0. The van der Waals surface area contributed by atoms with Crippen LogP contribution in [0, 0.1) is 0 Å². The minimum absolute atomic E-state index is 0.120. The van der Waals surface area contributed by atoms with Gasteiger partial charge < -0.3 is 5.73 Å². The van der Waals surface area contributed by atoms with Crippen LogP contribution in [-0.4, -0.2) is 11.7 Å². The van der Waals surface area contributed by atoms with Crippen LogP contribution in [0.2, 0.25) is 0 Å². The van der Waals surface area contributed by atoms with Crippen molar-refractivity contribution in [2.75, 3.05) is 0 Å². The molecule has 0 unspecified atom stereocenters. The summed E-state index contributed by atoms with van der Waals surface area (Å²) in [6, 6.07) is 5.16. The Kier molecular flexibility index (Phi) is 2.08. The molecule has 0 heterocycles. The fourth-order valence-electron chi connectivity index (χ4n) is 1.91. The number of carbonyl (C=O) groups is 2. The van der Waals surface area contributed by atoms with Crippen LogP contribution in [0.1, 0.15) is 39.1 Å². The Morgan fingerprint density at radius 2 is 2.07 bits per heavy atom. The van der Waals surface area contributed by atoms with Gasteiger partial charge in [-0.15, -0.1) is 0 Å². The third-order valence-corrected chi connectivity index (χ3v) is 2.57. The van der Waals surface area contributed by atoms with Crippen molar-refractivity contribution in [2.24, 2.45) is 5.73 Å². The Balaban J connectivity index is 2.60. The zero-order valence-electron chi connectivity index (χ0n) is 7.75. The minimum atomic E-state index is -0.448. The van der Waals surface area contributed by atoms with Crippen LogP contribution >= 0.6 is 0 Å². The molecule has 0 fully saturated rings. The van der Waals surface area contributed by atoms with E-state index >= 15 is 0 Å². The normalized spacial score (nSPS) is 15.0. The Morgan fingerprint density at radius 1 is 1.29 bits per heavy atom. The minimum Gasteiger partial charge on any atom is -0.366 e. The van der Waals surface area contributed by atoms with Gasteiger partial charge in [-0.1, -0.05) is 12.1 Å². The first kappa shape index (κ1) is 8.94. The SMILES string of the molecule is NC(=O)c1cccc2c1CCCC2=O. The maximum atomic E-state index is 11.5. The molecule has 0 spiro atoms. The van der Waals surface area contributed by atoms with Gasteiger partial charge in [-0.25, -0.2) is 0 Å². The molecule has 1 aromatic rings. The molecule has 3 heteroatoms. The third kappa shape index (κ3) is 1.31. The van der Waals surface area contributed by atoms with Crippen molar-refractivity contribution >= 4 is 11.7 Å². The lowest BCUT2D eigenvalue weighted by Crippen LogP contribution is -2.19. The molecule has 0 saturated heterocycles. The van der Waals surface area contributed by atoms with E-state index in [1.54, 1.807) is 18.2 Å². The van der Waals surface area contributed by atoms with Gasteiger partial charge in [0.15, 0.2) is 5.78 Å². The van der Waals surface area contributed by atoms with Crippen molar-refractivity contribution in [1.82, 2.24) is 0 Å². The molecule has 0 bridgehead atoms. The Hall–Kier alpha value is -1.64. The molecular weight excluding hydrogens is 178 g/mol. The number of hydrogen-bond acceptors (Lipinski definition) is 2. The number of primary amides is 1. The number of nitrogens with two attached hydrogens (primary N) is 1. The lowest BCUT2D eigenvalue weighted by molar-refractivity contribution is 0.0972. The number of carbonyl (C=O) groups excluding carboxylic acids is 2. The van der Waals surface area contributed by atoms with Crippen molar-refractivity contribution in [1.29, 1.82) is 0 Å².